The molecule has 0 bridgehead atoms. The van der Waals surface area contributed by atoms with E-state index in [9.17, 15) is 9.18 Å². The average molecular weight is 308 g/mol. The molecule has 2 heterocycles. The Bertz CT molecular complexity index is 523. The van der Waals surface area contributed by atoms with Crippen molar-refractivity contribution >= 4 is 5.91 Å². The SMILES string of the molecule is NC[C@H]1CC[C@@H](C(=O)N2CCOC(c3ccc(F)cc3)C2)O1. The average Bonchev–Trinajstić information content (AvgIpc) is 3.04. The topological polar surface area (TPSA) is 64.8 Å². The number of carbonyl (C=O) groups excluding carboxylic acids is 1. The van der Waals surface area contributed by atoms with E-state index >= 15 is 0 Å². The van der Waals surface area contributed by atoms with Crippen LogP contribution in [0.25, 0.3) is 0 Å². The van der Waals surface area contributed by atoms with E-state index < -0.39 is 0 Å². The van der Waals surface area contributed by atoms with Crippen LogP contribution in [0.1, 0.15) is 24.5 Å². The summed E-state index contributed by atoms with van der Waals surface area (Å²) in [4.78, 5) is 14.3. The van der Waals surface area contributed by atoms with Crippen LogP contribution in [0.3, 0.4) is 0 Å². The summed E-state index contributed by atoms with van der Waals surface area (Å²) in [6.45, 7) is 1.95. The van der Waals surface area contributed by atoms with E-state index in [1.165, 1.54) is 12.1 Å². The summed E-state index contributed by atoms with van der Waals surface area (Å²) in [5.41, 5.74) is 6.46. The number of benzene rings is 1. The van der Waals surface area contributed by atoms with Crippen LogP contribution in [0.2, 0.25) is 0 Å². The molecule has 1 unspecified atom stereocenters. The molecule has 1 aromatic rings. The number of nitrogens with two attached hydrogens (primary N) is 1. The zero-order valence-electron chi connectivity index (χ0n) is 12.4. The highest BCUT2D eigenvalue weighted by atomic mass is 19.1. The molecule has 0 radical (unpaired) electrons. The fraction of sp³-hybridized carbons (Fsp3) is 0.562. The molecule has 2 aliphatic rings. The number of hydrogen-bond donors (Lipinski definition) is 1. The van der Waals surface area contributed by atoms with Gasteiger partial charge in [0.25, 0.3) is 5.91 Å². The Kier molecular flexibility index (Phi) is 4.71. The first-order valence-electron chi connectivity index (χ1n) is 7.68. The minimum Gasteiger partial charge on any atom is -0.370 e. The normalized spacial score (nSPS) is 28.8. The number of rotatable bonds is 3. The molecule has 5 nitrogen and oxygen atoms in total. The molecule has 2 aliphatic heterocycles. The molecule has 0 saturated carbocycles. The van der Waals surface area contributed by atoms with Crippen LogP contribution < -0.4 is 5.73 Å². The first-order chi connectivity index (χ1) is 10.7. The highest BCUT2D eigenvalue weighted by molar-refractivity contribution is 5.81. The molecule has 0 spiro atoms. The Morgan fingerprint density at radius 3 is 2.77 bits per heavy atom. The van der Waals surface area contributed by atoms with Crippen LogP contribution in [-0.4, -0.2) is 49.3 Å². The fourth-order valence-corrected chi connectivity index (χ4v) is 2.99. The minimum atomic E-state index is -0.388. The minimum absolute atomic E-state index is 0.00589. The summed E-state index contributed by atoms with van der Waals surface area (Å²) in [7, 11) is 0. The standard InChI is InChI=1S/C16H21FN2O3/c17-12-3-1-11(2-4-12)15-10-19(7-8-21-15)16(20)14-6-5-13(9-18)22-14/h1-4,13-15H,5-10,18H2/t13-,14+,15?/m1/s1. The van der Waals surface area contributed by atoms with Crippen LogP contribution >= 0.6 is 0 Å². The van der Waals surface area contributed by atoms with E-state index in [2.05, 4.69) is 0 Å². The second-order valence-corrected chi connectivity index (χ2v) is 5.76. The third-order valence-electron chi connectivity index (χ3n) is 4.27. The van der Waals surface area contributed by atoms with E-state index in [0.29, 0.717) is 26.2 Å². The number of halogens is 1. The maximum absolute atomic E-state index is 13.0. The Labute approximate surface area is 129 Å². The Morgan fingerprint density at radius 2 is 2.09 bits per heavy atom. The van der Waals surface area contributed by atoms with Crippen molar-refractivity contribution in [3.8, 4) is 0 Å². The third-order valence-corrected chi connectivity index (χ3v) is 4.27. The highest BCUT2D eigenvalue weighted by Gasteiger charge is 2.35. The molecule has 2 fully saturated rings. The molecule has 0 aliphatic carbocycles. The van der Waals surface area contributed by atoms with Crippen molar-refractivity contribution < 1.29 is 18.7 Å². The molecular weight excluding hydrogens is 287 g/mol. The van der Waals surface area contributed by atoms with Gasteiger partial charge < -0.3 is 20.1 Å². The van der Waals surface area contributed by atoms with Crippen molar-refractivity contribution in [2.45, 2.75) is 31.2 Å². The fourth-order valence-electron chi connectivity index (χ4n) is 2.99. The summed E-state index contributed by atoms with van der Waals surface area (Å²) in [6.07, 6.45) is 0.936. The van der Waals surface area contributed by atoms with E-state index in [-0.39, 0.29) is 30.0 Å². The van der Waals surface area contributed by atoms with Crippen LogP contribution in [0, 0.1) is 5.82 Å². The summed E-state index contributed by atoms with van der Waals surface area (Å²) in [5, 5.41) is 0. The first-order valence-corrected chi connectivity index (χ1v) is 7.68. The number of morpholine rings is 1. The Balaban J connectivity index is 1.63. The Hall–Kier alpha value is -1.50. The highest BCUT2D eigenvalue weighted by Crippen LogP contribution is 2.26. The predicted octanol–water partition coefficient (Wildman–Crippen LogP) is 1.23. The monoisotopic (exact) mass is 308 g/mol. The van der Waals surface area contributed by atoms with Crippen LogP contribution in [-0.2, 0) is 14.3 Å². The quantitative estimate of drug-likeness (QED) is 0.912. The van der Waals surface area contributed by atoms with E-state index in [1.54, 1.807) is 17.0 Å². The molecule has 2 N–H and O–H groups in total. The maximum Gasteiger partial charge on any atom is 0.251 e. The zero-order chi connectivity index (χ0) is 15.5. The van der Waals surface area contributed by atoms with Gasteiger partial charge >= 0.3 is 0 Å². The van der Waals surface area contributed by atoms with E-state index in [0.717, 1.165) is 18.4 Å². The van der Waals surface area contributed by atoms with Gasteiger partial charge in [-0.2, -0.15) is 0 Å². The maximum atomic E-state index is 13.0. The van der Waals surface area contributed by atoms with E-state index in [4.69, 9.17) is 15.2 Å². The predicted molar refractivity (Wildman–Crippen MR) is 78.6 cm³/mol. The first kappa shape index (κ1) is 15.4. The molecule has 2 saturated heterocycles. The van der Waals surface area contributed by atoms with Gasteiger partial charge in [0.1, 0.15) is 18.0 Å². The second kappa shape index (κ2) is 6.73. The number of carbonyl (C=O) groups is 1. The third kappa shape index (κ3) is 3.29. The lowest BCUT2D eigenvalue weighted by Crippen LogP contribution is -2.46. The largest absolute Gasteiger partial charge is 0.370 e. The second-order valence-electron chi connectivity index (χ2n) is 5.76. The molecule has 6 heteroatoms. The molecule has 1 aromatic carbocycles. The lowest BCUT2D eigenvalue weighted by molar-refractivity contribution is -0.150. The van der Waals surface area contributed by atoms with Gasteiger partial charge in [0, 0.05) is 13.1 Å². The number of amides is 1. The smallest absolute Gasteiger partial charge is 0.251 e. The summed E-state index contributed by atoms with van der Waals surface area (Å²) in [6, 6.07) is 6.21. The van der Waals surface area contributed by atoms with Gasteiger partial charge in [-0.3, -0.25) is 4.79 Å². The summed E-state index contributed by atoms with van der Waals surface area (Å²) in [5.74, 6) is -0.272. The summed E-state index contributed by atoms with van der Waals surface area (Å²) < 4.78 is 24.4. The molecule has 22 heavy (non-hydrogen) atoms. The van der Waals surface area contributed by atoms with Crippen LogP contribution in [0.5, 0.6) is 0 Å². The van der Waals surface area contributed by atoms with Gasteiger partial charge in [0.2, 0.25) is 0 Å². The lowest BCUT2D eigenvalue weighted by atomic mass is 10.1. The molecule has 3 atom stereocenters. The summed E-state index contributed by atoms with van der Waals surface area (Å²) >= 11 is 0. The molecule has 0 aromatic heterocycles. The molecule has 3 rings (SSSR count). The zero-order valence-corrected chi connectivity index (χ0v) is 12.4. The number of nitrogens with zero attached hydrogens (tertiary/aromatic N) is 1. The van der Waals surface area contributed by atoms with Crippen molar-refractivity contribution in [1.29, 1.82) is 0 Å². The van der Waals surface area contributed by atoms with Gasteiger partial charge in [-0.25, -0.2) is 4.39 Å². The number of ether oxygens (including phenoxy) is 2. The van der Waals surface area contributed by atoms with E-state index in [1.807, 2.05) is 0 Å². The molecule has 120 valence electrons. The van der Waals surface area contributed by atoms with Gasteiger partial charge in [-0.15, -0.1) is 0 Å². The molecular formula is C16H21FN2O3. The Morgan fingerprint density at radius 1 is 1.32 bits per heavy atom. The molecule has 1 amide bonds. The lowest BCUT2D eigenvalue weighted by Gasteiger charge is -2.34. The van der Waals surface area contributed by atoms with Crippen molar-refractivity contribution in [2.75, 3.05) is 26.2 Å². The van der Waals surface area contributed by atoms with Crippen molar-refractivity contribution in [2.24, 2.45) is 5.73 Å². The number of hydrogen-bond acceptors (Lipinski definition) is 4. The van der Waals surface area contributed by atoms with Crippen molar-refractivity contribution in [1.82, 2.24) is 4.90 Å². The van der Waals surface area contributed by atoms with Crippen molar-refractivity contribution in [3.05, 3.63) is 35.6 Å². The van der Waals surface area contributed by atoms with Gasteiger partial charge in [-0.1, -0.05) is 12.1 Å². The van der Waals surface area contributed by atoms with Gasteiger partial charge in [0.05, 0.1) is 19.3 Å². The van der Waals surface area contributed by atoms with Gasteiger partial charge in [0.15, 0.2) is 0 Å². The van der Waals surface area contributed by atoms with Gasteiger partial charge in [-0.05, 0) is 30.5 Å². The van der Waals surface area contributed by atoms with Crippen molar-refractivity contribution in [3.63, 3.8) is 0 Å². The van der Waals surface area contributed by atoms with Crippen LogP contribution in [0.4, 0.5) is 4.39 Å². The van der Waals surface area contributed by atoms with Crippen LogP contribution in [0.15, 0.2) is 24.3 Å².